The molecule has 0 aromatic carbocycles. The predicted molar refractivity (Wildman–Crippen MR) is 70.0 cm³/mol. The number of aliphatic carboxylic acids is 1. The van der Waals surface area contributed by atoms with Gasteiger partial charge in [-0.05, 0) is 12.1 Å². The Morgan fingerprint density at radius 1 is 1.45 bits per heavy atom. The number of hydrogen-bond acceptors (Lipinski definition) is 5. The lowest BCUT2D eigenvalue weighted by molar-refractivity contribution is -0.138. The van der Waals surface area contributed by atoms with Crippen molar-refractivity contribution in [1.29, 1.82) is 0 Å². The molecule has 0 aliphatic carbocycles. The first-order valence-electron chi connectivity index (χ1n) is 5.72. The van der Waals surface area contributed by atoms with E-state index in [0.717, 1.165) is 0 Å². The maximum Gasteiger partial charge on any atom is 0.330 e. The summed E-state index contributed by atoms with van der Waals surface area (Å²) in [6, 6.07) is 3.56. The molecule has 1 amide bonds. The zero-order valence-electron chi connectivity index (χ0n) is 10.6. The van der Waals surface area contributed by atoms with E-state index in [1.165, 1.54) is 16.9 Å². The zero-order chi connectivity index (χ0) is 14.7. The molecule has 2 heterocycles. The summed E-state index contributed by atoms with van der Waals surface area (Å²) in [6.45, 7) is 0. The second-order valence-corrected chi connectivity index (χ2v) is 4.14. The summed E-state index contributed by atoms with van der Waals surface area (Å²) in [4.78, 5) is 26.3. The van der Waals surface area contributed by atoms with Gasteiger partial charge in [-0.2, -0.15) is 5.10 Å². The van der Waals surface area contributed by atoms with Crippen LogP contribution in [0.2, 0.25) is 0 Å². The average Bonchev–Trinajstić information content (AvgIpc) is 2.82. The fraction of sp³-hybridized carbons (Fsp3) is 0.167. The Bertz CT molecular complexity index is 652. The number of primary amides is 1. The number of carboxylic acid groups (broad SMARTS) is 1. The smallest absolute Gasteiger partial charge is 0.330 e. The first-order chi connectivity index (χ1) is 9.47. The molecular weight excluding hydrogens is 262 g/mol. The highest BCUT2D eigenvalue weighted by Gasteiger charge is 2.21. The second-order valence-electron chi connectivity index (χ2n) is 4.14. The van der Waals surface area contributed by atoms with Crippen LogP contribution in [-0.4, -0.2) is 31.7 Å². The minimum absolute atomic E-state index is 0.0605. The maximum absolute atomic E-state index is 11.3. The van der Waals surface area contributed by atoms with Crippen molar-refractivity contribution in [3.05, 3.63) is 41.9 Å². The highest BCUT2D eigenvalue weighted by Crippen LogP contribution is 2.18. The van der Waals surface area contributed by atoms with Gasteiger partial charge in [0.15, 0.2) is 6.04 Å². The second kappa shape index (κ2) is 5.39. The molecule has 0 saturated carbocycles. The molecule has 0 bridgehead atoms. The molecule has 0 aliphatic heterocycles. The molecule has 0 radical (unpaired) electrons. The van der Waals surface area contributed by atoms with Crippen LogP contribution in [0.15, 0.2) is 30.6 Å². The summed E-state index contributed by atoms with van der Waals surface area (Å²) in [6.07, 6.45) is 3.04. The van der Waals surface area contributed by atoms with Crippen molar-refractivity contribution in [3.8, 4) is 0 Å². The molecule has 8 heteroatoms. The summed E-state index contributed by atoms with van der Waals surface area (Å²) in [5, 5.41) is 15.9. The highest BCUT2D eigenvalue weighted by atomic mass is 16.4. The van der Waals surface area contributed by atoms with E-state index in [0.29, 0.717) is 5.56 Å². The van der Waals surface area contributed by atoms with Crippen LogP contribution in [-0.2, 0) is 11.8 Å². The largest absolute Gasteiger partial charge is 0.479 e. The molecule has 1 atom stereocenters. The van der Waals surface area contributed by atoms with E-state index in [1.54, 1.807) is 25.4 Å². The number of nitrogens with zero attached hydrogens (tertiary/aromatic N) is 3. The van der Waals surface area contributed by atoms with E-state index in [1.807, 2.05) is 0 Å². The Labute approximate surface area is 114 Å². The van der Waals surface area contributed by atoms with Gasteiger partial charge in [-0.1, -0.05) is 6.07 Å². The number of aryl methyl sites for hydroxylation is 1. The molecule has 0 spiro atoms. The van der Waals surface area contributed by atoms with E-state index >= 15 is 0 Å². The van der Waals surface area contributed by atoms with Gasteiger partial charge < -0.3 is 16.2 Å². The Balaban J connectivity index is 2.27. The van der Waals surface area contributed by atoms with Crippen LogP contribution in [0, 0.1) is 0 Å². The third kappa shape index (κ3) is 2.91. The molecule has 2 aromatic heterocycles. The molecule has 104 valence electrons. The van der Waals surface area contributed by atoms with E-state index in [9.17, 15) is 14.7 Å². The van der Waals surface area contributed by atoms with Gasteiger partial charge >= 0.3 is 5.97 Å². The predicted octanol–water partition coefficient (Wildman–Crippen LogP) is 0.152. The standard InChI is InChI=1S/C12H13N5O3/c1-17-6-7(5-14-17)10(12(19)20)16-9-4-2-3-8(15-9)11(13)18/h2-6,10H,1H3,(H2,13,18)(H,15,16)(H,19,20). The molecule has 20 heavy (non-hydrogen) atoms. The van der Waals surface area contributed by atoms with E-state index in [-0.39, 0.29) is 11.5 Å². The number of aromatic nitrogens is 3. The maximum atomic E-state index is 11.3. The summed E-state index contributed by atoms with van der Waals surface area (Å²) >= 11 is 0. The molecule has 0 aliphatic rings. The quantitative estimate of drug-likeness (QED) is 0.713. The Morgan fingerprint density at radius 2 is 2.20 bits per heavy atom. The normalized spacial score (nSPS) is 11.8. The molecule has 1 unspecified atom stereocenters. The number of carboxylic acids is 1. The minimum Gasteiger partial charge on any atom is -0.479 e. The summed E-state index contributed by atoms with van der Waals surface area (Å²) in [7, 11) is 1.69. The Kier molecular flexibility index (Phi) is 3.65. The molecule has 0 fully saturated rings. The number of amides is 1. The number of carbonyl (C=O) groups excluding carboxylic acids is 1. The summed E-state index contributed by atoms with van der Waals surface area (Å²) in [5.74, 6) is -1.51. The molecule has 0 saturated heterocycles. The summed E-state index contributed by atoms with van der Waals surface area (Å²) in [5.41, 5.74) is 5.67. The lowest BCUT2D eigenvalue weighted by Gasteiger charge is -2.13. The van der Waals surface area contributed by atoms with Crippen LogP contribution in [0.1, 0.15) is 22.1 Å². The summed E-state index contributed by atoms with van der Waals surface area (Å²) < 4.78 is 1.50. The van der Waals surface area contributed by atoms with Crippen molar-refractivity contribution in [3.63, 3.8) is 0 Å². The van der Waals surface area contributed by atoms with Crippen LogP contribution in [0.4, 0.5) is 5.82 Å². The SMILES string of the molecule is Cn1cc(C(Nc2cccc(C(N)=O)n2)C(=O)O)cn1. The zero-order valence-corrected chi connectivity index (χ0v) is 10.6. The van der Waals surface area contributed by atoms with Crippen molar-refractivity contribution in [2.45, 2.75) is 6.04 Å². The van der Waals surface area contributed by atoms with Gasteiger partial charge in [0.05, 0.1) is 6.20 Å². The van der Waals surface area contributed by atoms with Gasteiger partial charge in [0.25, 0.3) is 5.91 Å². The van der Waals surface area contributed by atoms with Gasteiger partial charge in [-0.15, -0.1) is 0 Å². The van der Waals surface area contributed by atoms with Crippen LogP contribution < -0.4 is 11.1 Å². The molecule has 2 rings (SSSR count). The highest BCUT2D eigenvalue weighted by molar-refractivity contribution is 5.91. The lowest BCUT2D eigenvalue weighted by Crippen LogP contribution is -2.21. The van der Waals surface area contributed by atoms with Gasteiger partial charge in [0.1, 0.15) is 11.5 Å². The number of nitrogens with one attached hydrogen (secondary N) is 1. The molecule has 2 aromatic rings. The van der Waals surface area contributed by atoms with E-state index in [4.69, 9.17) is 5.73 Å². The van der Waals surface area contributed by atoms with Gasteiger partial charge in [0, 0.05) is 18.8 Å². The van der Waals surface area contributed by atoms with Crippen molar-refractivity contribution in [2.75, 3.05) is 5.32 Å². The first kappa shape index (κ1) is 13.5. The average molecular weight is 275 g/mol. The van der Waals surface area contributed by atoms with Gasteiger partial charge in [-0.3, -0.25) is 9.48 Å². The number of hydrogen-bond donors (Lipinski definition) is 3. The van der Waals surface area contributed by atoms with Crippen molar-refractivity contribution < 1.29 is 14.7 Å². The number of carbonyl (C=O) groups is 2. The molecule has 8 nitrogen and oxygen atoms in total. The topological polar surface area (TPSA) is 123 Å². The lowest BCUT2D eigenvalue weighted by atomic mass is 10.1. The third-order valence-corrected chi connectivity index (χ3v) is 2.60. The van der Waals surface area contributed by atoms with E-state index < -0.39 is 17.9 Å². The fourth-order valence-electron chi connectivity index (χ4n) is 1.68. The first-order valence-corrected chi connectivity index (χ1v) is 5.72. The van der Waals surface area contributed by atoms with Crippen molar-refractivity contribution in [2.24, 2.45) is 12.8 Å². The van der Waals surface area contributed by atoms with Crippen LogP contribution >= 0.6 is 0 Å². The number of pyridine rings is 1. The van der Waals surface area contributed by atoms with Crippen molar-refractivity contribution in [1.82, 2.24) is 14.8 Å². The number of rotatable bonds is 5. The molecular formula is C12H13N5O3. The fourth-order valence-corrected chi connectivity index (χ4v) is 1.68. The van der Waals surface area contributed by atoms with E-state index in [2.05, 4.69) is 15.4 Å². The van der Waals surface area contributed by atoms with Crippen LogP contribution in [0.25, 0.3) is 0 Å². The third-order valence-electron chi connectivity index (χ3n) is 2.60. The number of nitrogens with two attached hydrogens (primary N) is 1. The minimum atomic E-state index is -1.08. The van der Waals surface area contributed by atoms with Crippen LogP contribution in [0.3, 0.4) is 0 Å². The van der Waals surface area contributed by atoms with Crippen molar-refractivity contribution >= 4 is 17.7 Å². The Morgan fingerprint density at radius 3 is 2.75 bits per heavy atom. The van der Waals surface area contributed by atoms with Crippen LogP contribution in [0.5, 0.6) is 0 Å². The van der Waals surface area contributed by atoms with Gasteiger partial charge in [0.2, 0.25) is 0 Å². The number of anilines is 1. The molecule has 4 N–H and O–H groups in total. The monoisotopic (exact) mass is 275 g/mol. The van der Waals surface area contributed by atoms with Gasteiger partial charge in [-0.25, -0.2) is 9.78 Å². The Hall–Kier alpha value is -2.90.